The van der Waals surface area contributed by atoms with Crippen molar-refractivity contribution in [1.82, 2.24) is 10.0 Å². The highest BCUT2D eigenvalue weighted by molar-refractivity contribution is 7.89. The second kappa shape index (κ2) is 8.63. The van der Waals surface area contributed by atoms with Gasteiger partial charge in [0.05, 0.1) is 23.3 Å². The molecule has 2 aliphatic rings. The Kier molecular flexibility index (Phi) is 6.11. The molecule has 1 amide bonds. The van der Waals surface area contributed by atoms with Crippen molar-refractivity contribution in [2.24, 2.45) is 0 Å². The van der Waals surface area contributed by atoms with Crippen molar-refractivity contribution in [2.45, 2.75) is 36.7 Å². The minimum Gasteiger partial charge on any atom is -0.489 e. The number of rotatable bonds is 6. The first kappa shape index (κ1) is 21.2. The summed E-state index contributed by atoms with van der Waals surface area (Å²) in [5, 5.41) is 3.24. The average Bonchev–Trinajstić information content (AvgIpc) is 3.52. The molecule has 1 heterocycles. The zero-order chi connectivity index (χ0) is 21.3. The smallest absolute Gasteiger partial charge is 0.251 e. The van der Waals surface area contributed by atoms with Crippen LogP contribution in [0.25, 0.3) is 0 Å². The topological polar surface area (TPSA) is 93.7 Å². The van der Waals surface area contributed by atoms with Gasteiger partial charge >= 0.3 is 0 Å². The van der Waals surface area contributed by atoms with Gasteiger partial charge in [0.15, 0.2) is 11.5 Å². The van der Waals surface area contributed by atoms with Crippen molar-refractivity contribution in [2.75, 3.05) is 13.2 Å². The third-order valence-corrected chi connectivity index (χ3v) is 6.98. The van der Waals surface area contributed by atoms with E-state index in [0.717, 1.165) is 24.8 Å². The van der Waals surface area contributed by atoms with Gasteiger partial charge in [0.2, 0.25) is 10.0 Å². The van der Waals surface area contributed by atoms with E-state index in [2.05, 4.69) is 10.0 Å². The molecule has 1 fully saturated rings. The van der Waals surface area contributed by atoms with Gasteiger partial charge in [-0.25, -0.2) is 13.1 Å². The van der Waals surface area contributed by atoms with E-state index >= 15 is 0 Å². The Hall–Kier alpha value is -2.00. The van der Waals surface area contributed by atoms with Crippen molar-refractivity contribution in [1.29, 1.82) is 0 Å². The first-order chi connectivity index (χ1) is 14.3. The molecule has 1 aliphatic heterocycles. The van der Waals surface area contributed by atoms with Gasteiger partial charge in [-0.2, -0.15) is 0 Å². The Labute approximate surface area is 184 Å². The summed E-state index contributed by atoms with van der Waals surface area (Å²) in [6, 6.07) is 7.57. The van der Waals surface area contributed by atoms with Crippen LogP contribution in [0.2, 0.25) is 10.0 Å². The highest BCUT2D eigenvalue weighted by atomic mass is 35.5. The second-order valence-electron chi connectivity index (χ2n) is 7.18. The van der Waals surface area contributed by atoms with Crippen molar-refractivity contribution < 1.29 is 22.7 Å². The lowest BCUT2D eigenvalue weighted by Gasteiger charge is -2.13. The normalized spacial score (nSPS) is 16.1. The average molecular weight is 471 g/mol. The summed E-state index contributed by atoms with van der Waals surface area (Å²) in [6.45, 7) is 1.23. The van der Waals surface area contributed by atoms with E-state index in [9.17, 15) is 13.2 Å². The van der Waals surface area contributed by atoms with Crippen LogP contribution in [-0.4, -0.2) is 33.6 Å². The van der Waals surface area contributed by atoms with Crippen LogP contribution in [0.1, 0.15) is 35.2 Å². The van der Waals surface area contributed by atoms with Gasteiger partial charge in [0, 0.05) is 24.6 Å². The number of nitrogens with one attached hydrogen (secondary N) is 2. The summed E-state index contributed by atoms with van der Waals surface area (Å²) < 4.78 is 38.8. The van der Waals surface area contributed by atoms with E-state index in [1.54, 1.807) is 12.1 Å². The molecule has 0 bridgehead atoms. The molecule has 10 heteroatoms. The summed E-state index contributed by atoms with van der Waals surface area (Å²) in [7, 11) is -3.78. The summed E-state index contributed by atoms with van der Waals surface area (Å²) in [5.74, 6) is 0.605. The summed E-state index contributed by atoms with van der Waals surface area (Å²) in [6.07, 6.45) is 2.36. The Balaban J connectivity index is 1.49. The lowest BCUT2D eigenvalue weighted by Crippen LogP contribution is -2.27. The number of hydrogen-bond donors (Lipinski definition) is 2. The maximum atomic E-state index is 12.6. The minimum atomic E-state index is -3.78. The second-order valence-corrected chi connectivity index (χ2v) is 9.68. The molecule has 0 aromatic heterocycles. The Bertz CT molecular complexity index is 1090. The minimum absolute atomic E-state index is 0.0623. The zero-order valence-electron chi connectivity index (χ0n) is 15.9. The van der Waals surface area contributed by atoms with Gasteiger partial charge in [0.25, 0.3) is 5.91 Å². The highest BCUT2D eigenvalue weighted by Gasteiger charge is 2.29. The summed E-state index contributed by atoms with van der Waals surface area (Å²) >= 11 is 12.4. The van der Waals surface area contributed by atoms with E-state index in [1.165, 1.54) is 18.2 Å². The van der Waals surface area contributed by atoms with Gasteiger partial charge in [0.1, 0.15) is 4.90 Å². The molecule has 0 spiro atoms. The van der Waals surface area contributed by atoms with Crippen molar-refractivity contribution in [3.05, 3.63) is 51.5 Å². The molecule has 30 heavy (non-hydrogen) atoms. The van der Waals surface area contributed by atoms with Gasteiger partial charge in [-0.05, 0) is 48.7 Å². The molecule has 160 valence electrons. The van der Waals surface area contributed by atoms with Gasteiger partial charge in [-0.1, -0.05) is 23.2 Å². The van der Waals surface area contributed by atoms with Crippen LogP contribution in [0.3, 0.4) is 0 Å². The molecule has 4 rings (SSSR count). The zero-order valence-corrected chi connectivity index (χ0v) is 18.2. The molecular formula is C20H20Cl2N2O5S. The van der Waals surface area contributed by atoms with E-state index in [-0.39, 0.29) is 28.1 Å². The van der Waals surface area contributed by atoms with Crippen LogP contribution >= 0.6 is 23.2 Å². The van der Waals surface area contributed by atoms with Gasteiger partial charge in [-0.15, -0.1) is 0 Å². The van der Waals surface area contributed by atoms with Gasteiger partial charge in [-0.3, -0.25) is 4.79 Å². The Morgan fingerprint density at radius 3 is 2.60 bits per heavy atom. The van der Waals surface area contributed by atoms with Crippen LogP contribution < -0.4 is 19.5 Å². The molecule has 2 N–H and O–H groups in total. The molecule has 0 unspecified atom stereocenters. The first-order valence-corrected chi connectivity index (χ1v) is 11.8. The fourth-order valence-corrected chi connectivity index (χ4v) is 5.12. The predicted molar refractivity (Wildman–Crippen MR) is 113 cm³/mol. The molecule has 7 nitrogen and oxygen atoms in total. The van der Waals surface area contributed by atoms with Crippen molar-refractivity contribution in [3.63, 3.8) is 0 Å². The molecule has 2 aromatic rings. The predicted octanol–water partition coefficient (Wildman–Crippen LogP) is 3.53. The SMILES string of the molecule is O=C(NCc1cc(Cl)c2c(c1)OCCCO2)c1ccc(Cl)c(S(=O)(=O)NC2CC2)c1. The third-order valence-electron chi connectivity index (χ3n) is 4.70. The lowest BCUT2D eigenvalue weighted by atomic mass is 10.1. The lowest BCUT2D eigenvalue weighted by molar-refractivity contribution is 0.0950. The van der Waals surface area contributed by atoms with Crippen LogP contribution in [0.4, 0.5) is 0 Å². The van der Waals surface area contributed by atoms with E-state index in [0.29, 0.717) is 29.7 Å². The Morgan fingerprint density at radius 1 is 1.07 bits per heavy atom. The number of carbonyl (C=O) groups is 1. The molecule has 1 aliphatic carbocycles. The molecular weight excluding hydrogens is 451 g/mol. The number of ether oxygens (including phenoxy) is 2. The number of amides is 1. The number of halogens is 2. The first-order valence-electron chi connectivity index (χ1n) is 9.51. The Morgan fingerprint density at radius 2 is 1.83 bits per heavy atom. The standard InChI is InChI=1S/C20H20Cl2N2O5S/c21-15-5-2-13(10-18(15)30(26,27)24-14-3-4-14)20(25)23-11-12-8-16(22)19-17(9-12)28-6-1-7-29-19/h2,5,8-10,14,24H,1,3-4,6-7,11H2,(H,23,25). The van der Waals surface area contributed by atoms with Crippen LogP contribution in [0.15, 0.2) is 35.2 Å². The number of hydrogen-bond acceptors (Lipinski definition) is 5. The quantitative estimate of drug-likeness (QED) is 0.673. The number of sulfonamides is 1. The van der Waals surface area contributed by atoms with Crippen molar-refractivity contribution in [3.8, 4) is 11.5 Å². The maximum absolute atomic E-state index is 12.6. The van der Waals surface area contributed by atoms with Crippen LogP contribution in [0, 0.1) is 0 Å². The number of fused-ring (bicyclic) bond motifs is 1. The number of benzene rings is 2. The van der Waals surface area contributed by atoms with Crippen LogP contribution in [-0.2, 0) is 16.6 Å². The largest absolute Gasteiger partial charge is 0.489 e. The third kappa shape index (κ3) is 4.83. The molecule has 0 atom stereocenters. The molecule has 2 aromatic carbocycles. The van der Waals surface area contributed by atoms with Gasteiger partial charge < -0.3 is 14.8 Å². The van der Waals surface area contributed by atoms with Crippen LogP contribution in [0.5, 0.6) is 11.5 Å². The fraction of sp³-hybridized carbons (Fsp3) is 0.350. The summed E-state index contributed by atoms with van der Waals surface area (Å²) in [5.41, 5.74) is 0.922. The van der Waals surface area contributed by atoms with E-state index in [4.69, 9.17) is 32.7 Å². The van der Waals surface area contributed by atoms with E-state index < -0.39 is 15.9 Å². The number of carbonyl (C=O) groups excluding carboxylic acids is 1. The van der Waals surface area contributed by atoms with Crippen molar-refractivity contribution >= 4 is 39.1 Å². The molecule has 1 saturated carbocycles. The monoisotopic (exact) mass is 470 g/mol. The molecule has 0 saturated heterocycles. The molecule has 0 radical (unpaired) electrons. The van der Waals surface area contributed by atoms with E-state index in [1.807, 2.05) is 0 Å². The highest BCUT2D eigenvalue weighted by Crippen LogP contribution is 2.38. The summed E-state index contributed by atoms with van der Waals surface area (Å²) in [4.78, 5) is 12.5. The fourth-order valence-electron chi connectivity index (χ4n) is 3.01. The maximum Gasteiger partial charge on any atom is 0.251 e.